The number of rotatable bonds is 4. The van der Waals surface area contributed by atoms with Gasteiger partial charge in [-0.25, -0.2) is 8.97 Å². The van der Waals surface area contributed by atoms with Crippen LogP contribution in [0.15, 0.2) is 34.2 Å². The molecule has 1 atom stereocenters. The van der Waals surface area contributed by atoms with Crippen molar-refractivity contribution in [1.29, 1.82) is 0 Å². The first-order valence-electron chi connectivity index (χ1n) is 9.91. The number of nitrogens with zero attached hydrogens (tertiary/aromatic N) is 4. The summed E-state index contributed by atoms with van der Waals surface area (Å²) in [4.78, 5) is 16.1. The van der Waals surface area contributed by atoms with Gasteiger partial charge in [0.15, 0.2) is 5.16 Å². The van der Waals surface area contributed by atoms with Crippen LogP contribution in [-0.4, -0.2) is 24.9 Å². The van der Waals surface area contributed by atoms with Crippen molar-refractivity contribution in [2.24, 2.45) is 5.92 Å². The quantitative estimate of drug-likeness (QED) is 0.397. The first-order valence-corrected chi connectivity index (χ1v) is 12.1. The molecule has 5 nitrogen and oxygen atoms in total. The fourth-order valence-corrected chi connectivity index (χ4v) is 6.32. The molecule has 0 spiro atoms. The van der Waals surface area contributed by atoms with Gasteiger partial charge >= 0.3 is 0 Å². The minimum atomic E-state index is -0.0131. The highest BCUT2D eigenvalue weighted by atomic mass is 35.5. The second kappa shape index (κ2) is 7.45. The van der Waals surface area contributed by atoms with Crippen molar-refractivity contribution in [2.45, 2.75) is 44.7 Å². The normalized spacial score (nSPS) is 16.6. The molecule has 0 bridgehead atoms. The van der Waals surface area contributed by atoms with E-state index in [-0.39, 0.29) is 5.56 Å². The van der Waals surface area contributed by atoms with Gasteiger partial charge in [0.05, 0.1) is 11.1 Å². The molecule has 0 unspecified atom stereocenters. The van der Waals surface area contributed by atoms with Crippen LogP contribution >= 0.6 is 34.7 Å². The zero-order chi connectivity index (χ0) is 20.1. The summed E-state index contributed by atoms with van der Waals surface area (Å²) in [6.45, 7) is 4.42. The van der Waals surface area contributed by atoms with Crippen LogP contribution in [0.25, 0.3) is 21.7 Å². The fourth-order valence-electron chi connectivity index (χ4n) is 4.02. The third kappa shape index (κ3) is 3.10. The number of hydrogen-bond acceptors (Lipinski definition) is 5. The molecule has 150 valence electrons. The minimum Gasteiger partial charge on any atom is -0.268 e. The molecule has 0 N–H and O–H groups in total. The van der Waals surface area contributed by atoms with E-state index in [4.69, 9.17) is 11.6 Å². The van der Waals surface area contributed by atoms with Gasteiger partial charge in [0.25, 0.3) is 5.56 Å². The molecule has 0 radical (unpaired) electrons. The van der Waals surface area contributed by atoms with Crippen molar-refractivity contribution < 1.29 is 0 Å². The second-order valence-corrected chi connectivity index (χ2v) is 10.2. The average Bonchev–Trinajstić information content (AvgIpc) is 3.29. The Kier molecular flexibility index (Phi) is 4.92. The molecule has 1 aliphatic rings. The molecule has 0 saturated heterocycles. The van der Waals surface area contributed by atoms with Gasteiger partial charge in [0.2, 0.25) is 5.78 Å². The van der Waals surface area contributed by atoms with Gasteiger partial charge in [0.1, 0.15) is 4.83 Å². The lowest BCUT2D eigenvalue weighted by molar-refractivity contribution is 0.508. The molecular weight excluding hydrogens is 424 g/mol. The Balaban J connectivity index is 1.89. The van der Waals surface area contributed by atoms with Crippen LogP contribution in [0, 0.1) is 5.92 Å². The summed E-state index contributed by atoms with van der Waals surface area (Å²) >= 11 is 9.51. The Morgan fingerprint density at radius 1 is 1.28 bits per heavy atom. The van der Waals surface area contributed by atoms with Gasteiger partial charge in [-0.3, -0.25) is 4.79 Å². The highest BCUT2D eigenvalue weighted by molar-refractivity contribution is 7.99. The van der Waals surface area contributed by atoms with E-state index >= 15 is 0 Å². The van der Waals surface area contributed by atoms with E-state index in [9.17, 15) is 4.79 Å². The zero-order valence-electron chi connectivity index (χ0n) is 16.3. The van der Waals surface area contributed by atoms with Gasteiger partial charge in [-0.2, -0.15) is 0 Å². The number of halogens is 1. The topological polar surface area (TPSA) is 52.2 Å². The Labute approximate surface area is 181 Å². The lowest BCUT2D eigenvalue weighted by atomic mass is 9.89. The molecule has 0 saturated carbocycles. The standard InChI is InChI=1S/C21H21ClN4OS2/c1-3-10-28-21-24-23-20-25(14-7-5-13(22)6-8-14)18(27)17-15-11-12(2)4-9-16(15)29-19(17)26(20)21/h5-8,12H,3-4,9-11H2,1-2H3/t12-/m1/s1. The average molecular weight is 445 g/mol. The SMILES string of the molecule is CCCSc1nnc2n(-c3ccc(Cl)cc3)c(=O)c3c4c(sc3n12)CC[C@@H](C)C4. The number of thioether (sulfide) groups is 1. The summed E-state index contributed by atoms with van der Waals surface area (Å²) in [5.41, 5.74) is 1.97. The Morgan fingerprint density at radius 2 is 2.07 bits per heavy atom. The maximum Gasteiger partial charge on any atom is 0.268 e. The van der Waals surface area contributed by atoms with Crippen LogP contribution < -0.4 is 5.56 Å². The molecule has 0 fully saturated rings. The van der Waals surface area contributed by atoms with Gasteiger partial charge in [0, 0.05) is 15.7 Å². The summed E-state index contributed by atoms with van der Waals surface area (Å²) in [6, 6.07) is 7.34. The van der Waals surface area contributed by atoms with E-state index in [2.05, 4.69) is 28.4 Å². The van der Waals surface area contributed by atoms with Crippen LogP contribution in [0.3, 0.4) is 0 Å². The number of thiophene rings is 1. The molecule has 1 aliphatic carbocycles. The first-order chi connectivity index (χ1) is 14.1. The highest BCUT2D eigenvalue weighted by Crippen LogP contribution is 2.38. The van der Waals surface area contributed by atoms with Crippen molar-refractivity contribution in [3.63, 3.8) is 0 Å². The van der Waals surface area contributed by atoms with Gasteiger partial charge in [-0.1, -0.05) is 37.2 Å². The van der Waals surface area contributed by atoms with E-state index in [1.807, 2.05) is 12.1 Å². The molecule has 4 aromatic rings. The fraction of sp³-hybridized carbons (Fsp3) is 0.381. The molecule has 29 heavy (non-hydrogen) atoms. The van der Waals surface area contributed by atoms with Crippen molar-refractivity contribution in [3.05, 3.63) is 50.1 Å². The Hall–Kier alpha value is -1.83. The predicted molar refractivity (Wildman–Crippen MR) is 121 cm³/mol. The lowest BCUT2D eigenvalue weighted by Crippen LogP contribution is -2.22. The maximum absolute atomic E-state index is 13.7. The monoisotopic (exact) mass is 444 g/mol. The summed E-state index contributed by atoms with van der Waals surface area (Å²) < 4.78 is 3.77. The molecule has 0 aliphatic heterocycles. The summed E-state index contributed by atoms with van der Waals surface area (Å²) in [7, 11) is 0. The maximum atomic E-state index is 13.7. The first kappa shape index (κ1) is 19.2. The van der Waals surface area contributed by atoms with Gasteiger partial charge < -0.3 is 0 Å². The van der Waals surface area contributed by atoms with Crippen molar-refractivity contribution in [1.82, 2.24) is 19.2 Å². The van der Waals surface area contributed by atoms with Crippen LogP contribution in [0.2, 0.25) is 5.02 Å². The summed E-state index contributed by atoms with van der Waals surface area (Å²) in [6.07, 6.45) is 4.22. The zero-order valence-corrected chi connectivity index (χ0v) is 18.7. The van der Waals surface area contributed by atoms with E-state index in [0.29, 0.717) is 16.7 Å². The lowest BCUT2D eigenvalue weighted by Gasteiger charge is -2.18. The molecule has 5 rings (SSSR count). The number of benzene rings is 1. The van der Waals surface area contributed by atoms with Crippen LogP contribution in [-0.2, 0) is 12.8 Å². The van der Waals surface area contributed by atoms with E-state index in [1.54, 1.807) is 39.8 Å². The van der Waals surface area contributed by atoms with Crippen LogP contribution in [0.5, 0.6) is 0 Å². The predicted octanol–water partition coefficient (Wildman–Crippen LogP) is 5.38. The molecule has 1 aromatic carbocycles. The molecule has 3 aromatic heterocycles. The number of hydrogen-bond donors (Lipinski definition) is 0. The largest absolute Gasteiger partial charge is 0.268 e. The Bertz CT molecular complexity index is 1270. The van der Waals surface area contributed by atoms with E-state index < -0.39 is 0 Å². The van der Waals surface area contributed by atoms with Gasteiger partial charge in [-0.05, 0) is 61.4 Å². The molecule has 0 amide bonds. The summed E-state index contributed by atoms with van der Waals surface area (Å²) in [5, 5.41) is 11.2. The third-order valence-corrected chi connectivity index (χ3v) is 8.11. The molecule has 8 heteroatoms. The third-order valence-electron chi connectivity index (χ3n) is 5.45. The van der Waals surface area contributed by atoms with Crippen LogP contribution in [0.4, 0.5) is 0 Å². The van der Waals surface area contributed by atoms with Gasteiger partial charge in [-0.15, -0.1) is 21.5 Å². The van der Waals surface area contributed by atoms with Crippen molar-refractivity contribution >= 4 is 50.7 Å². The number of fused-ring (bicyclic) bond motifs is 5. The van der Waals surface area contributed by atoms with Crippen molar-refractivity contribution in [2.75, 3.05) is 5.75 Å². The minimum absolute atomic E-state index is 0.0131. The number of aryl methyl sites for hydroxylation is 1. The second-order valence-electron chi connectivity index (χ2n) is 7.62. The smallest absolute Gasteiger partial charge is 0.268 e. The highest BCUT2D eigenvalue weighted by Gasteiger charge is 2.27. The number of aromatic nitrogens is 4. The van der Waals surface area contributed by atoms with E-state index in [1.165, 1.54) is 16.9 Å². The van der Waals surface area contributed by atoms with E-state index in [0.717, 1.165) is 46.1 Å². The summed E-state index contributed by atoms with van der Waals surface area (Å²) in [5.74, 6) is 2.12. The Morgan fingerprint density at radius 3 is 2.83 bits per heavy atom. The molecule has 3 heterocycles. The van der Waals surface area contributed by atoms with Crippen LogP contribution in [0.1, 0.15) is 37.1 Å². The van der Waals surface area contributed by atoms with Crippen molar-refractivity contribution in [3.8, 4) is 5.69 Å². The molecular formula is C21H21ClN4OS2.